The summed E-state index contributed by atoms with van der Waals surface area (Å²) < 4.78 is 49.3. The zero-order valence-electron chi connectivity index (χ0n) is 76.4. The van der Waals surface area contributed by atoms with Gasteiger partial charge in [-0.3, -0.25) is 19.6 Å². The molecular formula is C112H120N8O10. The highest BCUT2D eigenvalue weighted by molar-refractivity contribution is 5.61. The lowest BCUT2D eigenvalue weighted by atomic mass is 9.77. The molecule has 2 N–H and O–H groups in total. The van der Waals surface area contributed by atoms with Crippen molar-refractivity contribution in [2.45, 2.75) is 142 Å². The van der Waals surface area contributed by atoms with Crippen molar-refractivity contribution >= 4 is 22.7 Å². The Bertz CT molecular complexity index is 5760. The van der Waals surface area contributed by atoms with Crippen LogP contribution < -0.4 is 57.5 Å². The highest BCUT2D eigenvalue weighted by Gasteiger charge is 2.35. The number of fused-ring (bicyclic) bond motifs is 8. The minimum absolute atomic E-state index is 0.120. The minimum atomic E-state index is -0.230. The van der Waals surface area contributed by atoms with Crippen LogP contribution in [-0.2, 0) is 86.9 Å². The van der Waals surface area contributed by atoms with Crippen LogP contribution in [-0.4, -0.2) is 123 Å². The van der Waals surface area contributed by atoms with E-state index >= 15 is 0 Å². The van der Waals surface area contributed by atoms with E-state index in [9.17, 15) is 10.2 Å². The zero-order valence-corrected chi connectivity index (χ0v) is 76.4. The number of aliphatic hydroxyl groups excluding tert-OH is 2. The maximum absolute atomic E-state index is 9.46. The monoisotopic (exact) mass is 1740 g/mol. The van der Waals surface area contributed by atoms with Crippen molar-refractivity contribution < 1.29 is 48.1 Å². The van der Waals surface area contributed by atoms with Crippen LogP contribution in [0.5, 0.6) is 46.0 Å². The fourth-order valence-corrected chi connectivity index (χ4v) is 19.5. The second kappa shape index (κ2) is 36.8. The van der Waals surface area contributed by atoms with Crippen LogP contribution in [0, 0.1) is 0 Å². The molecule has 668 valence electrons. The van der Waals surface area contributed by atoms with E-state index < -0.39 is 0 Å². The molecule has 0 bridgehead atoms. The first-order valence-electron chi connectivity index (χ1n) is 45.9. The van der Waals surface area contributed by atoms with Gasteiger partial charge in [-0.05, 0) is 225 Å². The molecule has 8 aliphatic heterocycles. The average molecular weight is 1740 g/mol. The number of benzene rings is 12. The van der Waals surface area contributed by atoms with Gasteiger partial charge in [-0.25, -0.2) is 0 Å². The Morgan fingerprint density at radius 3 is 0.631 bits per heavy atom. The lowest BCUT2D eigenvalue weighted by molar-refractivity contribution is 0.0770. The van der Waals surface area contributed by atoms with E-state index in [2.05, 4.69) is 350 Å². The van der Waals surface area contributed by atoms with Crippen molar-refractivity contribution in [1.82, 2.24) is 19.6 Å². The molecule has 0 aromatic heterocycles. The molecule has 0 aliphatic carbocycles. The van der Waals surface area contributed by atoms with Gasteiger partial charge in [-0.15, -0.1) is 13.2 Å². The molecule has 0 saturated heterocycles. The Hall–Kier alpha value is -12.5. The third-order valence-corrected chi connectivity index (χ3v) is 28.0. The first-order chi connectivity index (χ1) is 63.1. The number of hydrogen-bond donors (Lipinski definition) is 2. The Balaban J connectivity index is 0.000000168. The minimum Gasteiger partial charge on any atom is -0.478 e. The number of aliphatic hydroxyl groups is 2. The van der Waals surface area contributed by atoms with Crippen molar-refractivity contribution in [1.29, 1.82) is 0 Å². The predicted octanol–water partition coefficient (Wildman–Crippen LogP) is 20.2. The summed E-state index contributed by atoms with van der Waals surface area (Å²) in [4.78, 5) is 18.0. The third kappa shape index (κ3) is 18.3. The van der Waals surface area contributed by atoms with Crippen LogP contribution in [0.25, 0.3) is 0 Å². The van der Waals surface area contributed by atoms with Gasteiger partial charge in [0.05, 0.1) is 13.2 Å². The van der Waals surface area contributed by atoms with Gasteiger partial charge < -0.3 is 67.7 Å². The van der Waals surface area contributed by atoms with Crippen molar-refractivity contribution in [2.24, 2.45) is 0 Å². The van der Waals surface area contributed by atoms with Gasteiger partial charge in [0.15, 0.2) is 26.9 Å². The first kappa shape index (κ1) is 86.8. The summed E-state index contributed by atoms with van der Waals surface area (Å²) in [6, 6.07) is 88.8. The Morgan fingerprint density at radius 2 is 0.431 bits per heavy atom. The Labute approximate surface area is 766 Å². The smallest absolute Gasteiger partial charge is 0.161 e. The summed E-state index contributed by atoms with van der Waals surface area (Å²) in [7, 11) is 0. The second-order valence-corrected chi connectivity index (χ2v) is 38.2. The molecule has 8 heterocycles. The largest absolute Gasteiger partial charge is 0.478 e. The van der Waals surface area contributed by atoms with Gasteiger partial charge in [-0.1, -0.05) is 165 Å². The van der Waals surface area contributed by atoms with Gasteiger partial charge in [0.2, 0.25) is 0 Å². The van der Waals surface area contributed by atoms with Gasteiger partial charge in [0, 0.05) is 167 Å². The number of hydrogen-bond acceptors (Lipinski definition) is 18. The number of β-amino-alcohol motifs (C(OH)–C–C–N with tert-alkyl or cyclic N) is 2. The number of nitrogens with zero attached hydrogens (tertiary/aromatic N) is 8. The standard InChI is InChI=1S/C57H60N4O4.C55H60N4O6/c1-7-25-58-32-42-28-46(13-21-52(42)62-36-58)56(3,4)48-15-23-54-44(30-48)34-60(38-64-54)50-17-9-40(10-18-50)27-41-11-19-51(20-12-41)61-35-45-31-49(16-24-55(45)65-39-61)57(5,6)47-14-22-53-43(29-47)33-59(26-8-2)37-63-53;1-54(2,44-9-17-50-40(26-44)30-56(21-23-60)34-62-50)46-11-19-52-42(28-46)32-58(36-64-52)48-13-5-38(6-14-48)25-39-7-15-49(16-8-39)59-33-43-29-47(12-20-53(43)65-37-59)55(3,4)45-10-18-51-41(27-45)31-57(22-24-61)35-63-51/h7-24,28-31H,1-2,25-27,32-39H2,3-6H3;5-20,26-29,60-61H,21-25,30-37H2,1-4H3. The summed E-state index contributed by atoms with van der Waals surface area (Å²) in [5.74, 6) is 7.61. The molecule has 0 amide bonds. The van der Waals surface area contributed by atoms with Crippen molar-refractivity contribution in [3.8, 4) is 46.0 Å². The molecule has 0 atom stereocenters. The Kier molecular flexibility index (Phi) is 24.6. The van der Waals surface area contributed by atoms with Crippen molar-refractivity contribution in [3.05, 3.63) is 379 Å². The predicted molar refractivity (Wildman–Crippen MR) is 516 cm³/mol. The van der Waals surface area contributed by atoms with E-state index in [1.807, 2.05) is 12.2 Å². The molecule has 0 spiro atoms. The summed E-state index contributed by atoms with van der Waals surface area (Å²) >= 11 is 0. The maximum atomic E-state index is 9.46. The number of rotatable bonds is 24. The topological polar surface area (TPSA) is 140 Å². The summed E-state index contributed by atoms with van der Waals surface area (Å²) in [6.07, 6.45) is 5.57. The van der Waals surface area contributed by atoms with Crippen LogP contribution in [0.4, 0.5) is 22.7 Å². The molecule has 130 heavy (non-hydrogen) atoms. The van der Waals surface area contributed by atoms with E-state index in [4.69, 9.17) is 37.9 Å². The fraction of sp³-hybridized carbons (Fsp3) is 0.321. The number of anilines is 4. The normalized spacial score (nSPS) is 16.2. The van der Waals surface area contributed by atoms with Crippen LogP contribution in [0.15, 0.2) is 268 Å². The molecule has 12 aromatic carbocycles. The maximum Gasteiger partial charge on any atom is 0.161 e. The van der Waals surface area contributed by atoms with Gasteiger partial charge in [-0.2, -0.15) is 0 Å². The highest BCUT2D eigenvalue weighted by atomic mass is 16.5. The third-order valence-electron chi connectivity index (χ3n) is 28.0. The molecule has 0 saturated carbocycles. The first-order valence-corrected chi connectivity index (χ1v) is 45.9. The van der Waals surface area contributed by atoms with E-state index in [-0.39, 0.29) is 34.9 Å². The van der Waals surface area contributed by atoms with E-state index in [1.54, 1.807) is 0 Å². The fourth-order valence-electron chi connectivity index (χ4n) is 19.5. The van der Waals surface area contributed by atoms with Crippen LogP contribution in [0.3, 0.4) is 0 Å². The van der Waals surface area contributed by atoms with Crippen molar-refractivity contribution in [3.63, 3.8) is 0 Å². The quantitative estimate of drug-likeness (QED) is 0.0554. The van der Waals surface area contributed by atoms with E-state index in [1.165, 1.54) is 100 Å². The van der Waals surface area contributed by atoms with Crippen LogP contribution >= 0.6 is 0 Å². The SMILES string of the molecule is C=CCN1COc2ccc(C(C)(C)c3ccc4c(c3)CN(c3ccc(Cc5ccc(N6COc7ccc(C(C)(C)c8ccc9c(c8)CN(CC=C)CO9)cc7C6)cc5)cc3)CO4)cc2C1.CC(C)(c1ccc2c(c1)CN(CCO)CO2)c1ccc2c(c1)CN(c1ccc(Cc3ccc(N4COc5ccc(C(C)(C)c6ccc7c(c6)CN(CCO)CO7)cc5C4)cc3)cc1)CO2. The second-order valence-electron chi connectivity index (χ2n) is 38.2. The zero-order chi connectivity index (χ0) is 89.4. The molecule has 18 nitrogen and oxygen atoms in total. The van der Waals surface area contributed by atoms with Crippen LogP contribution in [0.2, 0.25) is 0 Å². The molecule has 20 rings (SSSR count). The Morgan fingerprint density at radius 1 is 0.246 bits per heavy atom. The molecule has 18 heteroatoms. The van der Waals surface area contributed by atoms with Gasteiger partial charge in [0.25, 0.3) is 0 Å². The number of ether oxygens (including phenoxy) is 8. The van der Waals surface area contributed by atoms with E-state index in [0.717, 1.165) is 158 Å². The van der Waals surface area contributed by atoms with Crippen molar-refractivity contribution in [2.75, 3.05) is 113 Å². The van der Waals surface area contributed by atoms with Gasteiger partial charge in [0.1, 0.15) is 72.9 Å². The molecule has 12 aromatic rings. The van der Waals surface area contributed by atoms with Gasteiger partial charge >= 0.3 is 0 Å². The summed E-state index contributed by atoms with van der Waals surface area (Å²) in [5.41, 5.74) is 28.4. The molecule has 0 radical (unpaired) electrons. The molecule has 0 fully saturated rings. The molecule has 0 unspecified atom stereocenters. The summed E-state index contributed by atoms with van der Waals surface area (Å²) in [5, 5.41) is 18.9. The lowest BCUT2D eigenvalue weighted by Gasteiger charge is -2.34. The lowest BCUT2D eigenvalue weighted by Crippen LogP contribution is -2.34. The van der Waals surface area contributed by atoms with Crippen LogP contribution in [0.1, 0.15) is 167 Å². The molecule has 8 aliphatic rings. The van der Waals surface area contributed by atoms with E-state index in [0.29, 0.717) is 66.9 Å². The summed E-state index contributed by atoms with van der Waals surface area (Å²) in [6.45, 7) is 39.8. The average Bonchev–Trinajstić information content (AvgIpc) is 0.779. The highest BCUT2D eigenvalue weighted by Crippen LogP contribution is 2.46. The molecular weight excluding hydrogens is 1620 g/mol.